The zero-order chi connectivity index (χ0) is 22.6. The van der Waals surface area contributed by atoms with Gasteiger partial charge in [-0.2, -0.15) is 5.10 Å². The Kier molecular flexibility index (Phi) is 16.3. The zero-order valence-electron chi connectivity index (χ0n) is 19.1. The maximum absolute atomic E-state index is 10.8. The van der Waals surface area contributed by atoms with Crippen molar-refractivity contribution < 1.29 is 4.92 Å². The third-order valence-corrected chi connectivity index (χ3v) is 5.51. The van der Waals surface area contributed by atoms with Crippen molar-refractivity contribution >= 4 is 29.2 Å². The van der Waals surface area contributed by atoms with Crippen molar-refractivity contribution in [2.75, 3.05) is 6.54 Å². The lowest BCUT2D eigenvalue weighted by Gasteiger charge is -2.07. The lowest BCUT2D eigenvalue weighted by molar-refractivity contribution is -0.384. The van der Waals surface area contributed by atoms with Gasteiger partial charge in [-0.1, -0.05) is 103 Å². The minimum absolute atomic E-state index is 0.0439. The standard InChI is InChI=1S/C24H40N4O2S/c1-2-3-4-5-6-7-8-9-10-11-12-13-14-15-19-25-24(31)27-26-21-22-17-16-18-23(20-22)28(29)30/h16-18,20-21H,2-15,19H2,1H3,(H2,25,27,31). The lowest BCUT2D eigenvalue weighted by Crippen LogP contribution is -2.32. The summed E-state index contributed by atoms with van der Waals surface area (Å²) in [6, 6.07) is 6.30. The largest absolute Gasteiger partial charge is 0.361 e. The second-order valence-corrected chi connectivity index (χ2v) is 8.48. The summed E-state index contributed by atoms with van der Waals surface area (Å²) in [5.74, 6) is 0. The molecule has 31 heavy (non-hydrogen) atoms. The summed E-state index contributed by atoms with van der Waals surface area (Å²) in [4.78, 5) is 10.3. The van der Waals surface area contributed by atoms with Gasteiger partial charge in [0.1, 0.15) is 0 Å². The Labute approximate surface area is 193 Å². The highest BCUT2D eigenvalue weighted by molar-refractivity contribution is 7.80. The van der Waals surface area contributed by atoms with Crippen molar-refractivity contribution in [2.24, 2.45) is 5.10 Å². The van der Waals surface area contributed by atoms with Gasteiger partial charge in [-0.15, -0.1) is 0 Å². The van der Waals surface area contributed by atoms with Crippen molar-refractivity contribution in [3.8, 4) is 0 Å². The van der Waals surface area contributed by atoms with Crippen molar-refractivity contribution in [1.29, 1.82) is 0 Å². The van der Waals surface area contributed by atoms with Gasteiger partial charge in [0.15, 0.2) is 5.11 Å². The number of nitro benzene ring substituents is 1. The molecule has 2 N–H and O–H groups in total. The molecule has 174 valence electrons. The van der Waals surface area contributed by atoms with Crippen LogP contribution in [-0.2, 0) is 0 Å². The van der Waals surface area contributed by atoms with E-state index in [-0.39, 0.29) is 5.69 Å². The average Bonchev–Trinajstić information content (AvgIpc) is 2.76. The molecular formula is C24H40N4O2S. The Balaban J connectivity index is 1.91. The fourth-order valence-electron chi connectivity index (χ4n) is 3.45. The maximum atomic E-state index is 10.8. The number of nitrogens with one attached hydrogen (secondary N) is 2. The highest BCUT2D eigenvalue weighted by atomic mass is 32.1. The topological polar surface area (TPSA) is 79.6 Å². The number of hydrazone groups is 1. The number of benzene rings is 1. The SMILES string of the molecule is CCCCCCCCCCCCCCCCNC(=S)NN=Cc1cccc([N+](=O)[O-])c1. The molecule has 0 saturated heterocycles. The van der Waals surface area contributed by atoms with Gasteiger partial charge < -0.3 is 5.32 Å². The molecule has 6 nitrogen and oxygen atoms in total. The Bertz CT molecular complexity index is 652. The molecule has 0 fully saturated rings. The first-order valence-corrected chi connectivity index (χ1v) is 12.4. The number of nitro groups is 1. The van der Waals surface area contributed by atoms with Gasteiger partial charge in [0.2, 0.25) is 0 Å². The summed E-state index contributed by atoms with van der Waals surface area (Å²) >= 11 is 5.19. The molecule has 0 heterocycles. The number of unbranched alkanes of at least 4 members (excludes halogenated alkanes) is 13. The molecule has 1 rings (SSSR count). The van der Waals surface area contributed by atoms with E-state index in [0.717, 1.165) is 13.0 Å². The van der Waals surface area contributed by atoms with Crippen LogP contribution in [0, 0.1) is 10.1 Å². The van der Waals surface area contributed by atoms with E-state index in [9.17, 15) is 10.1 Å². The van der Waals surface area contributed by atoms with Gasteiger partial charge in [-0.25, -0.2) is 0 Å². The monoisotopic (exact) mass is 448 g/mol. The van der Waals surface area contributed by atoms with E-state index in [2.05, 4.69) is 22.8 Å². The number of hydrogen-bond donors (Lipinski definition) is 2. The van der Waals surface area contributed by atoms with E-state index in [4.69, 9.17) is 12.2 Å². The quantitative estimate of drug-likeness (QED) is 0.0841. The normalized spacial score (nSPS) is 11.0. The molecule has 1 aromatic carbocycles. The summed E-state index contributed by atoms with van der Waals surface area (Å²) in [6.45, 7) is 3.10. The Morgan fingerprint density at radius 3 is 2.06 bits per heavy atom. The number of rotatable bonds is 18. The van der Waals surface area contributed by atoms with Crippen LogP contribution in [0.15, 0.2) is 29.4 Å². The van der Waals surface area contributed by atoms with Crippen LogP contribution in [0.1, 0.15) is 102 Å². The summed E-state index contributed by atoms with van der Waals surface area (Å²) in [6.07, 6.45) is 20.4. The lowest BCUT2D eigenvalue weighted by atomic mass is 10.0. The molecule has 1 aromatic rings. The van der Waals surface area contributed by atoms with Crippen LogP contribution in [0.4, 0.5) is 5.69 Å². The molecule has 0 aromatic heterocycles. The highest BCUT2D eigenvalue weighted by Crippen LogP contribution is 2.13. The maximum Gasteiger partial charge on any atom is 0.270 e. The molecule has 0 aliphatic carbocycles. The molecule has 0 unspecified atom stereocenters. The van der Waals surface area contributed by atoms with E-state index in [1.54, 1.807) is 12.1 Å². The van der Waals surface area contributed by atoms with E-state index < -0.39 is 4.92 Å². The van der Waals surface area contributed by atoms with Gasteiger partial charge in [-0.3, -0.25) is 15.5 Å². The van der Waals surface area contributed by atoms with E-state index in [1.165, 1.54) is 102 Å². The van der Waals surface area contributed by atoms with Gasteiger partial charge in [0, 0.05) is 24.2 Å². The third kappa shape index (κ3) is 15.4. The minimum atomic E-state index is -0.423. The first-order chi connectivity index (χ1) is 15.1. The third-order valence-electron chi connectivity index (χ3n) is 5.28. The zero-order valence-corrected chi connectivity index (χ0v) is 19.9. The summed E-state index contributed by atoms with van der Waals surface area (Å²) < 4.78 is 0. The van der Waals surface area contributed by atoms with Crippen LogP contribution in [0.3, 0.4) is 0 Å². The average molecular weight is 449 g/mol. The van der Waals surface area contributed by atoms with Crippen molar-refractivity contribution in [3.05, 3.63) is 39.9 Å². The molecule has 0 aliphatic rings. The number of thiocarbonyl (C=S) groups is 1. The summed E-state index contributed by atoms with van der Waals surface area (Å²) in [5.41, 5.74) is 3.44. The van der Waals surface area contributed by atoms with Crippen molar-refractivity contribution in [1.82, 2.24) is 10.7 Å². The first kappa shape index (κ1) is 27.0. The highest BCUT2D eigenvalue weighted by Gasteiger charge is 2.03. The fourth-order valence-corrected chi connectivity index (χ4v) is 3.60. The van der Waals surface area contributed by atoms with Crippen LogP contribution in [-0.4, -0.2) is 22.8 Å². The molecule has 0 atom stereocenters. The van der Waals surface area contributed by atoms with Gasteiger partial charge in [0.25, 0.3) is 5.69 Å². The van der Waals surface area contributed by atoms with Crippen molar-refractivity contribution in [3.63, 3.8) is 0 Å². The Morgan fingerprint density at radius 2 is 1.52 bits per heavy atom. The Morgan fingerprint density at radius 1 is 0.968 bits per heavy atom. The predicted octanol–water partition coefficient (Wildman–Crippen LogP) is 6.87. The van der Waals surface area contributed by atoms with E-state index in [1.807, 2.05) is 0 Å². The molecule has 0 amide bonds. The molecule has 0 radical (unpaired) electrons. The number of hydrogen-bond acceptors (Lipinski definition) is 4. The van der Waals surface area contributed by atoms with Gasteiger partial charge in [0.05, 0.1) is 11.1 Å². The minimum Gasteiger partial charge on any atom is -0.361 e. The number of nitrogens with zero attached hydrogens (tertiary/aromatic N) is 2. The van der Waals surface area contributed by atoms with E-state index in [0.29, 0.717) is 10.7 Å². The van der Waals surface area contributed by atoms with E-state index >= 15 is 0 Å². The second-order valence-electron chi connectivity index (χ2n) is 8.07. The van der Waals surface area contributed by atoms with Crippen LogP contribution in [0.25, 0.3) is 0 Å². The van der Waals surface area contributed by atoms with Crippen molar-refractivity contribution in [2.45, 2.75) is 96.8 Å². The van der Waals surface area contributed by atoms with Gasteiger partial charge >= 0.3 is 0 Å². The summed E-state index contributed by atoms with van der Waals surface area (Å²) in [5, 5.41) is 18.4. The smallest absolute Gasteiger partial charge is 0.270 e. The predicted molar refractivity (Wildman–Crippen MR) is 135 cm³/mol. The molecule has 7 heteroatoms. The van der Waals surface area contributed by atoms with Crippen LogP contribution < -0.4 is 10.7 Å². The van der Waals surface area contributed by atoms with Crippen LogP contribution in [0.2, 0.25) is 0 Å². The number of non-ortho nitro benzene ring substituents is 1. The summed E-state index contributed by atoms with van der Waals surface area (Å²) in [7, 11) is 0. The fraction of sp³-hybridized carbons (Fsp3) is 0.667. The first-order valence-electron chi connectivity index (χ1n) is 11.9. The Hall–Kier alpha value is -2.02. The molecule has 0 spiro atoms. The molecule has 0 bridgehead atoms. The molecule has 0 saturated carbocycles. The van der Waals surface area contributed by atoms with Crippen LogP contribution in [0.5, 0.6) is 0 Å². The molecular weight excluding hydrogens is 408 g/mol. The molecule has 0 aliphatic heterocycles. The van der Waals surface area contributed by atoms with Gasteiger partial charge in [-0.05, 0) is 18.6 Å². The van der Waals surface area contributed by atoms with Crippen LogP contribution >= 0.6 is 12.2 Å². The second kappa shape index (κ2) is 18.7.